The molecule has 0 unspecified atom stereocenters. The third-order valence-electron chi connectivity index (χ3n) is 4.64. The van der Waals surface area contributed by atoms with Crippen molar-refractivity contribution < 1.29 is 14.4 Å². The van der Waals surface area contributed by atoms with Crippen LogP contribution in [-0.4, -0.2) is 29.3 Å². The van der Waals surface area contributed by atoms with Crippen molar-refractivity contribution in [1.29, 1.82) is 0 Å². The van der Waals surface area contributed by atoms with Crippen LogP contribution in [0.1, 0.15) is 31.1 Å². The Labute approximate surface area is 184 Å². The molecule has 1 aliphatic heterocycles. The molecule has 1 heterocycles. The molecule has 0 fully saturated rings. The SMILES string of the molecule is O=C1c2ccccc2C(=O)N1CN(C(=O)c1ccc(Br)cc1)c1ccc(Br)cc1. The van der Waals surface area contributed by atoms with Crippen molar-refractivity contribution in [2.45, 2.75) is 0 Å². The molecule has 1 aliphatic rings. The lowest BCUT2D eigenvalue weighted by molar-refractivity contribution is 0.0650. The minimum Gasteiger partial charge on any atom is -0.290 e. The predicted molar refractivity (Wildman–Crippen MR) is 117 cm³/mol. The normalized spacial score (nSPS) is 12.8. The second-order valence-electron chi connectivity index (χ2n) is 6.44. The zero-order valence-electron chi connectivity index (χ0n) is 15.0. The van der Waals surface area contributed by atoms with Crippen LogP contribution in [0.25, 0.3) is 0 Å². The number of hydrogen-bond donors (Lipinski definition) is 0. The van der Waals surface area contributed by atoms with E-state index in [0.29, 0.717) is 22.4 Å². The van der Waals surface area contributed by atoms with E-state index in [1.54, 1.807) is 72.8 Å². The zero-order valence-corrected chi connectivity index (χ0v) is 18.2. The number of anilines is 1. The summed E-state index contributed by atoms with van der Waals surface area (Å²) in [6.45, 7) is -0.178. The van der Waals surface area contributed by atoms with Gasteiger partial charge in [0, 0.05) is 20.2 Å². The summed E-state index contributed by atoms with van der Waals surface area (Å²) in [5.41, 5.74) is 1.74. The Bertz CT molecular complexity index is 1080. The Balaban J connectivity index is 1.70. The van der Waals surface area contributed by atoms with Gasteiger partial charge >= 0.3 is 0 Å². The van der Waals surface area contributed by atoms with Gasteiger partial charge in [0.2, 0.25) is 0 Å². The molecule has 7 heteroatoms. The lowest BCUT2D eigenvalue weighted by atomic mass is 10.1. The Morgan fingerprint density at radius 1 is 0.759 bits per heavy atom. The standard InChI is InChI=1S/C22H14Br2N2O3/c23-15-7-5-14(6-8-15)20(27)25(17-11-9-16(24)10-12-17)13-26-21(28)18-3-1-2-4-19(18)22(26)29/h1-12H,13H2. The Kier molecular flexibility index (Phi) is 5.34. The second-order valence-corrected chi connectivity index (χ2v) is 8.27. The summed E-state index contributed by atoms with van der Waals surface area (Å²) in [6.07, 6.45) is 0. The van der Waals surface area contributed by atoms with Crippen LogP contribution < -0.4 is 4.90 Å². The maximum Gasteiger partial charge on any atom is 0.263 e. The van der Waals surface area contributed by atoms with Crippen LogP contribution in [0.3, 0.4) is 0 Å². The number of imide groups is 1. The molecule has 0 radical (unpaired) electrons. The van der Waals surface area contributed by atoms with E-state index >= 15 is 0 Å². The van der Waals surface area contributed by atoms with Gasteiger partial charge in [-0.15, -0.1) is 0 Å². The van der Waals surface area contributed by atoms with Crippen molar-refractivity contribution in [2.75, 3.05) is 11.6 Å². The molecular weight excluding hydrogens is 500 g/mol. The van der Waals surface area contributed by atoms with Crippen molar-refractivity contribution in [1.82, 2.24) is 4.90 Å². The number of carbonyl (C=O) groups excluding carboxylic acids is 3. The Morgan fingerprint density at radius 3 is 1.76 bits per heavy atom. The molecule has 0 spiro atoms. The van der Waals surface area contributed by atoms with E-state index in [1.807, 2.05) is 0 Å². The number of fused-ring (bicyclic) bond motifs is 1. The van der Waals surface area contributed by atoms with E-state index in [4.69, 9.17) is 0 Å². The summed E-state index contributed by atoms with van der Waals surface area (Å²) in [5.74, 6) is -1.12. The number of nitrogens with zero attached hydrogens (tertiary/aromatic N) is 2. The van der Waals surface area contributed by atoms with Crippen LogP contribution in [-0.2, 0) is 0 Å². The van der Waals surface area contributed by atoms with E-state index in [-0.39, 0.29) is 12.6 Å². The van der Waals surface area contributed by atoms with Gasteiger partial charge in [0.1, 0.15) is 6.67 Å². The Morgan fingerprint density at radius 2 is 1.24 bits per heavy atom. The molecule has 29 heavy (non-hydrogen) atoms. The highest BCUT2D eigenvalue weighted by Crippen LogP contribution is 2.26. The molecule has 0 saturated carbocycles. The van der Waals surface area contributed by atoms with E-state index in [0.717, 1.165) is 13.8 Å². The van der Waals surface area contributed by atoms with Crippen molar-refractivity contribution in [2.24, 2.45) is 0 Å². The van der Waals surface area contributed by atoms with E-state index in [9.17, 15) is 14.4 Å². The summed E-state index contributed by atoms with van der Waals surface area (Å²) in [4.78, 5) is 41.4. The highest BCUT2D eigenvalue weighted by molar-refractivity contribution is 9.10. The van der Waals surface area contributed by atoms with Crippen LogP contribution in [0.5, 0.6) is 0 Å². The van der Waals surface area contributed by atoms with Gasteiger partial charge in [-0.1, -0.05) is 44.0 Å². The van der Waals surface area contributed by atoms with Gasteiger partial charge in [-0.05, 0) is 60.7 Å². The van der Waals surface area contributed by atoms with Gasteiger partial charge in [0.15, 0.2) is 0 Å². The van der Waals surface area contributed by atoms with Gasteiger partial charge in [-0.2, -0.15) is 0 Å². The molecule has 4 rings (SSSR count). The topological polar surface area (TPSA) is 57.7 Å². The molecule has 0 aliphatic carbocycles. The molecule has 3 amide bonds. The van der Waals surface area contributed by atoms with Crippen molar-refractivity contribution in [3.8, 4) is 0 Å². The number of benzene rings is 3. The second kappa shape index (κ2) is 7.93. The molecule has 0 atom stereocenters. The number of halogens is 2. The minimum absolute atomic E-state index is 0.178. The fourth-order valence-electron chi connectivity index (χ4n) is 3.14. The van der Waals surface area contributed by atoms with E-state index in [1.165, 1.54) is 4.90 Å². The molecule has 144 valence electrons. The highest BCUT2D eigenvalue weighted by Gasteiger charge is 2.37. The first-order valence-corrected chi connectivity index (χ1v) is 10.3. The zero-order chi connectivity index (χ0) is 20.5. The first-order valence-electron chi connectivity index (χ1n) is 8.74. The summed E-state index contributed by atoms with van der Waals surface area (Å²) in [5, 5.41) is 0. The molecule has 3 aromatic rings. The average molecular weight is 514 g/mol. The van der Waals surface area contributed by atoms with Gasteiger partial charge in [-0.25, -0.2) is 0 Å². The summed E-state index contributed by atoms with van der Waals surface area (Å²) in [7, 11) is 0. The molecule has 5 nitrogen and oxygen atoms in total. The maximum absolute atomic E-state index is 13.3. The van der Waals surface area contributed by atoms with Crippen molar-refractivity contribution in [3.05, 3.63) is 98.4 Å². The van der Waals surface area contributed by atoms with Crippen LogP contribution in [0.15, 0.2) is 81.7 Å². The van der Waals surface area contributed by atoms with E-state index < -0.39 is 11.8 Å². The lowest BCUT2D eigenvalue weighted by Crippen LogP contribution is -2.44. The largest absolute Gasteiger partial charge is 0.290 e. The molecule has 0 bridgehead atoms. The Hall–Kier alpha value is -2.77. The quantitative estimate of drug-likeness (QED) is 0.455. The fraction of sp³-hybridized carbons (Fsp3) is 0.0455. The smallest absolute Gasteiger partial charge is 0.263 e. The number of carbonyl (C=O) groups is 3. The maximum atomic E-state index is 13.3. The van der Waals surface area contributed by atoms with Gasteiger partial charge in [0.05, 0.1) is 11.1 Å². The first kappa shape index (κ1) is 19.5. The molecule has 0 aromatic heterocycles. The van der Waals surface area contributed by atoms with Crippen molar-refractivity contribution >= 4 is 55.3 Å². The fourth-order valence-corrected chi connectivity index (χ4v) is 3.67. The molecule has 0 saturated heterocycles. The van der Waals surface area contributed by atoms with E-state index in [2.05, 4.69) is 31.9 Å². The lowest BCUT2D eigenvalue weighted by Gasteiger charge is -2.27. The molecular formula is C22H14Br2N2O3. The van der Waals surface area contributed by atoms with Gasteiger partial charge in [0.25, 0.3) is 17.7 Å². The molecule has 0 N–H and O–H groups in total. The summed E-state index contributed by atoms with van der Waals surface area (Å²) in [6, 6.07) is 20.7. The average Bonchev–Trinajstić information content (AvgIpc) is 2.98. The van der Waals surface area contributed by atoms with Crippen LogP contribution in [0.2, 0.25) is 0 Å². The summed E-state index contributed by atoms with van der Waals surface area (Å²) >= 11 is 6.74. The minimum atomic E-state index is -0.406. The van der Waals surface area contributed by atoms with Gasteiger partial charge < -0.3 is 0 Å². The van der Waals surface area contributed by atoms with Crippen LogP contribution >= 0.6 is 31.9 Å². The van der Waals surface area contributed by atoms with Crippen LogP contribution in [0, 0.1) is 0 Å². The third-order valence-corrected chi connectivity index (χ3v) is 5.69. The highest BCUT2D eigenvalue weighted by atomic mass is 79.9. The predicted octanol–water partition coefficient (Wildman–Crippen LogP) is 5.11. The first-order chi connectivity index (χ1) is 14.0. The number of hydrogen-bond acceptors (Lipinski definition) is 3. The van der Waals surface area contributed by atoms with Crippen molar-refractivity contribution in [3.63, 3.8) is 0 Å². The van der Waals surface area contributed by atoms with Gasteiger partial charge in [-0.3, -0.25) is 24.2 Å². The number of amides is 3. The summed E-state index contributed by atoms with van der Waals surface area (Å²) < 4.78 is 1.71. The van der Waals surface area contributed by atoms with Crippen LogP contribution in [0.4, 0.5) is 5.69 Å². The number of rotatable bonds is 4. The third kappa shape index (κ3) is 3.75. The molecule has 3 aromatic carbocycles. The monoisotopic (exact) mass is 512 g/mol.